The quantitative estimate of drug-likeness (QED) is 0.427. The standard InChI is InChI=1S/C5H9FO/c6-4-2-1-3-5-7/h3,5,7H,1-2,4H2. The molecule has 0 atom stereocenters. The van der Waals surface area contributed by atoms with Gasteiger partial charge in [-0.25, -0.2) is 0 Å². The molecule has 0 aromatic heterocycles. The summed E-state index contributed by atoms with van der Waals surface area (Å²) < 4.78 is 11.2. The van der Waals surface area contributed by atoms with Gasteiger partial charge in [-0.2, -0.15) is 0 Å². The number of hydrogen-bond donors (Lipinski definition) is 1. The highest BCUT2D eigenvalue weighted by atomic mass is 19.1. The Balaban J connectivity index is 2.69. The lowest BCUT2D eigenvalue weighted by Crippen LogP contribution is -1.70. The molecule has 7 heavy (non-hydrogen) atoms. The Morgan fingerprint density at radius 3 is 2.71 bits per heavy atom. The molecule has 0 spiro atoms. The minimum Gasteiger partial charge on any atom is -0.516 e. The van der Waals surface area contributed by atoms with Crippen LogP contribution in [0.3, 0.4) is 0 Å². The summed E-state index contributed by atoms with van der Waals surface area (Å²) >= 11 is 0. The van der Waals surface area contributed by atoms with Crippen LogP contribution in [0.1, 0.15) is 12.8 Å². The molecule has 1 nitrogen and oxygen atoms in total. The Morgan fingerprint density at radius 1 is 1.57 bits per heavy atom. The maximum Gasteiger partial charge on any atom is 0.0897 e. The first kappa shape index (κ1) is 6.47. The number of alkyl halides is 1. The van der Waals surface area contributed by atoms with Crippen LogP contribution in [0.5, 0.6) is 0 Å². The van der Waals surface area contributed by atoms with Crippen LogP contribution in [-0.4, -0.2) is 11.8 Å². The maximum absolute atomic E-state index is 11.2. The Morgan fingerprint density at radius 2 is 2.29 bits per heavy atom. The van der Waals surface area contributed by atoms with Crippen molar-refractivity contribution < 1.29 is 9.50 Å². The summed E-state index contributed by atoms with van der Waals surface area (Å²) in [6, 6.07) is 0. The molecule has 0 heterocycles. The van der Waals surface area contributed by atoms with Crippen LogP contribution >= 0.6 is 0 Å². The molecular weight excluding hydrogens is 95.1 g/mol. The van der Waals surface area contributed by atoms with E-state index in [4.69, 9.17) is 5.11 Å². The van der Waals surface area contributed by atoms with E-state index in [-0.39, 0.29) is 6.67 Å². The largest absolute Gasteiger partial charge is 0.516 e. The van der Waals surface area contributed by atoms with Crippen LogP contribution in [0.4, 0.5) is 4.39 Å². The second-order valence-electron chi connectivity index (χ2n) is 1.22. The van der Waals surface area contributed by atoms with Gasteiger partial charge in [-0.15, -0.1) is 0 Å². The van der Waals surface area contributed by atoms with E-state index in [2.05, 4.69) is 0 Å². The summed E-state index contributed by atoms with van der Waals surface area (Å²) in [6.07, 6.45) is 3.61. The van der Waals surface area contributed by atoms with Gasteiger partial charge in [0.25, 0.3) is 0 Å². The third-order valence-corrected chi connectivity index (χ3v) is 0.610. The zero-order valence-electron chi connectivity index (χ0n) is 4.10. The van der Waals surface area contributed by atoms with Gasteiger partial charge >= 0.3 is 0 Å². The summed E-state index contributed by atoms with van der Waals surface area (Å²) in [4.78, 5) is 0. The molecule has 1 N–H and O–H groups in total. The second-order valence-corrected chi connectivity index (χ2v) is 1.22. The monoisotopic (exact) mass is 104 g/mol. The summed E-state index contributed by atoms with van der Waals surface area (Å²) in [6.45, 7) is -0.301. The fraction of sp³-hybridized carbons (Fsp3) is 0.600. The van der Waals surface area contributed by atoms with E-state index in [1.165, 1.54) is 6.08 Å². The van der Waals surface area contributed by atoms with E-state index >= 15 is 0 Å². The van der Waals surface area contributed by atoms with Crippen LogP contribution < -0.4 is 0 Å². The average Bonchev–Trinajstić information content (AvgIpc) is 1.69. The topological polar surface area (TPSA) is 20.2 Å². The summed E-state index contributed by atoms with van der Waals surface area (Å²) in [7, 11) is 0. The molecule has 0 radical (unpaired) electrons. The number of allylic oxidation sites excluding steroid dienone is 1. The van der Waals surface area contributed by atoms with Gasteiger partial charge in [0.05, 0.1) is 12.9 Å². The van der Waals surface area contributed by atoms with E-state index in [9.17, 15) is 4.39 Å². The number of aliphatic hydroxyl groups excluding tert-OH is 1. The lowest BCUT2D eigenvalue weighted by molar-refractivity contribution is 0.458. The minimum absolute atomic E-state index is 0.301. The first-order valence-electron chi connectivity index (χ1n) is 2.27. The van der Waals surface area contributed by atoms with Crippen molar-refractivity contribution in [1.29, 1.82) is 0 Å². The van der Waals surface area contributed by atoms with Crippen molar-refractivity contribution in [2.24, 2.45) is 0 Å². The number of rotatable bonds is 3. The average molecular weight is 104 g/mol. The van der Waals surface area contributed by atoms with Crippen molar-refractivity contribution in [3.63, 3.8) is 0 Å². The Bertz CT molecular complexity index is 52.0. The summed E-state index contributed by atoms with van der Waals surface area (Å²) in [5.41, 5.74) is 0. The number of hydrogen-bond acceptors (Lipinski definition) is 1. The molecule has 0 aliphatic rings. The molecule has 0 bridgehead atoms. The van der Waals surface area contributed by atoms with E-state index < -0.39 is 0 Å². The molecule has 0 aromatic rings. The van der Waals surface area contributed by atoms with Gasteiger partial charge in [-0.1, -0.05) is 6.08 Å². The van der Waals surface area contributed by atoms with Gasteiger partial charge in [0.2, 0.25) is 0 Å². The first-order valence-corrected chi connectivity index (χ1v) is 2.27. The maximum atomic E-state index is 11.2. The van der Waals surface area contributed by atoms with Crippen LogP contribution in [0, 0.1) is 0 Å². The third kappa shape index (κ3) is 5.47. The normalized spacial score (nSPS) is 10.4. The molecule has 0 aromatic carbocycles. The SMILES string of the molecule is OC=CCCCF. The van der Waals surface area contributed by atoms with Crippen LogP contribution in [0.2, 0.25) is 0 Å². The van der Waals surface area contributed by atoms with Crippen LogP contribution in [0.15, 0.2) is 12.3 Å². The molecule has 0 rings (SSSR count). The lowest BCUT2D eigenvalue weighted by Gasteiger charge is -1.81. The van der Waals surface area contributed by atoms with Gasteiger partial charge in [0.15, 0.2) is 0 Å². The van der Waals surface area contributed by atoms with Crippen molar-refractivity contribution in [3.05, 3.63) is 12.3 Å². The highest BCUT2D eigenvalue weighted by Crippen LogP contribution is 1.88. The van der Waals surface area contributed by atoms with Crippen molar-refractivity contribution >= 4 is 0 Å². The van der Waals surface area contributed by atoms with Gasteiger partial charge < -0.3 is 5.11 Å². The van der Waals surface area contributed by atoms with E-state index in [1.54, 1.807) is 0 Å². The van der Waals surface area contributed by atoms with Gasteiger partial charge in [-0.05, 0) is 12.8 Å². The molecular formula is C5H9FO. The second kappa shape index (κ2) is 5.47. The van der Waals surface area contributed by atoms with Crippen molar-refractivity contribution in [1.82, 2.24) is 0 Å². The fourth-order valence-electron chi connectivity index (χ4n) is 0.270. The smallest absolute Gasteiger partial charge is 0.0897 e. The highest BCUT2D eigenvalue weighted by molar-refractivity contribution is 4.70. The van der Waals surface area contributed by atoms with Gasteiger partial charge in [-0.3, -0.25) is 4.39 Å². The van der Waals surface area contributed by atoms with Gasteiger partial charge in [0, 0.05) is 0 Å². The number of aliphatic hydroxyl groups is 1. The van der Waals surface area contributed by atoms with Crippen molar-refractivity contribution in [2.75, 3.05) is 6.67 Å². The van der Waals surface area contributed by atoms with E-state index in [0.29, 0.717) is 12.8 Å². The highest BCUT2D eigenvalue weighted by Gasteiger charge is 1.76. The number of halogens is 1. The Labute approximate surface area is 42.5 Å². The van der Waals surface area contributed by atoms with Crippen molar-refractivity contribution in [2.45, 2.75) is 12.8 Å². The van der Waals surface area contributed by atoms with Crippen LogP contribution in [-0.2, 0) is 0 Å². The molecule has 2 heteroatoms. The van der Waals surface area contributed by atoms with E-state index in [0.717, 1.165) is 6.26 Å². The Hall–Kier alpha value is -0.530. The minimum atomic E-state index is -0.301. The summed E-state index contributed by atoms with van der Waals surface area (Å²) in [5.74, 6) is 0. The zero-order valence-corrected chi connectivity index (χ0v) is 4.10. The predicted octanol–water partition coefficient (Wildman–Crippen LogP) is 1.81. The fourth-order valence-corrected chi connectivity index (χ4v) is 0.270. The molecule has 0 aliphatic carbocycles. The summed E-state index contributed by atoms with van der Waals surface area (Å²) in [5, 5.41) is 7.99. The molecule has 0 amide bonds. The first-order chi connectivity index (χ1) is 3.41. The third-order valence-electron chi connectivity index (χ3n) is 0.610. The molecule has 0 saturated carbocycles. The predicted molar refractivity (Wildman–Crippen MR) is 27.0 cm³/mol. The molecule has 0 aliphatic heterocycles. The Kier molecular flexibility index (Phi) is 5.06. The molecule has 0 unspecified atom stereocenters. The van der Waals surface area contributed by atoms with E-state index in [1.807, 2.05) is 0 Å². The zero-order chi connectivity index (χ0) is 5.54. The molecule has 0 fully saturated rings. The van der Waals surface area contributed by atoms with Crippen LogP contribution in [0.25, 0.3) is 0 Å². The van der Waals surface area contributed by atoms with Crippen molar-refractivity contribution in [3.8, 4) is 0 Å². The molecule has 0 saturated heterocycles. The molecule has 42 valence electrons. The lowest BCUT2D eigenvalue weighted by atomic mass is 10.3. The van der Waals surface area contributed by atoms with Gasteiger partial charge in [0.1, 0.15) is 0 Å². The number of unbranched alkanes of at least 4 members (excludes halogenated alkanes) is 1.